The number of hydrogen-bond donors (Lipinski definition) is 1. The van der Waals surface area contributed by atoms with Crippen LogP contribution in [0.1, 0.15) is 40.0 Å². The van der Waals surface area contributed by atoms with Crippen LogP contribution in [0.15, 0.2) is 0 Å². The smallest absolute Gasteiger partial charge is 0.303 e. The first-order valence-corrected chi connectivity index (χ1v) is 3.40. The van der Waals surface area contributed by atoms with Gasteiger partial charge < -0.3 is 5.11 Å². The number of aliphatic carboxylic acids is 1. The summed E-state index contributed by atoms with van der Waals surface area (Å²) in [5.74, 6) is -0.711. The Hall–Kier alpha value is 0.483. The molecule has 0 aromatic carbocycles. The van der Waals surface area contributed by atoms with Gasteiger partial charge in [-0.05, 0) is 6.42 Å². The summed E-state index contributed by atoms with van der Waals surface area (Å²) < 4.78 is 0. The Bertz CT molecular complexity index is 64.6. The monoisotopic (exact) mass is 368 g/mol. The summed E-state index contributed by atoms with van der Waals surface area (Å²) in [4.78, 5) is 9.60. The summed E-state index contributed by atoms with van der Waals surface area (Å²) in [7, 11) is 0. The summed E-state index contributed by atoms with van der Waals surface area (Å²) >= 11 is 0. The standard InChI is InChI=1S/C4H8O2.C3H8.Np/c1-2-3-4(5)6;1-3-2;/h2-3H2,1H3,(H,5,6);3H2,1-2H3;. The third-order valence-electron chi connectivity index (χ3n) is 0.464. The number of carboxylic acids is 1. The maximum Gasteiger partial charge on any atom is 0.303 e. The van der Waals surface area contributed by atoms with E-state index in [-0.39, 0.29) is 29.9 Å². The van der Waals surface area contributed by atoms with E-state index in [4.69, 9.17) is 5.11 Å². The Labute approximate surface area is 85.7 Å². The molecule has 3 heteroatoms. The van der Waals surface area contributed by atoms with Gasteiger partial charge in [-0.3, -0.25) is 4.79 Å². The van der Waals surface area contributed by atoms with Crippen LogP contribution < -0.4 is 0 Å². The van der Waals surface area contributed by atoms with Crippen molar-refractivity contribution >= 4 is 5.97 Å². The van der Waals surface area contributed by atoms with E-state index in [9.17, 15) is 4.79 Å². The molecule has 0 aliphatic carbocycles. The molecule has 0 atom stereocenters. The minimum absolute atomic E-state index is 0. The predicted molar refractivity (Wildman–Crippen MR) is 38.5 cm³/mol. The summed E-state index contributed by atoms with van der Waals surface area (Å²) in [5, 5.41) is 7.91. The zero-order chi connectivity index (χ0) is 7.70. The average molecular weight is 369 g/mol. The van der Waals surface area contributed by atoms with E-state index in [2.05, 4.69) is 13.8 Å². The molecule has 0 amide bonds. The Morgan fingerprint density at radius 2 is 1.60 bits per heavy atom. The van der Waals surface area contributed by atoms with Gasteiger partial charge in [0.25, 0.3) is 0 Å². The zero-order valence-electron chi connectivity index (χ0n) is 6.92. The first kappa shape index (κ1) is 16.8. The van der Waals surface area contributed by atoms with Crippen molar-refractivity contribution in [3.8, 4) is 0 Å². The molecular weight excluding hydrogens is 353 g/mol. The van der Waals surface area contributed by atoms with Crippen LogP contribution in [0, 0.1) is 29.9 Å². The summed E-state index contributed by atoms with van der Waals surface area (Å²) in [5.41, 5.74) is 0. The van der Waals surface area contributed by atoms with E-state index in [1.165, 1.54) is 6.42 Å². The van der Waals surface area contributed by atoms with Gasteiger partial charge in [0.2, 0.25) is 0 Å². The van der Waals surface area contributed by atoms with E-state index in [0.29, 0.717) is 6.42 Å². The van der Waals surface area contributed by atoms with E-state index in [1.807, 2.05) is 6.92 Å². The van der Waals surface area contributed by atoms with Gasteiger partial charge in [0, 0.05) is 36.4 Å². The van der Waals surface area contributed by atoms with Crippen LogP contribution in [0.25, 0.3) is 0 Å². The third-order valence-corrected chi connectivity index (χ3v) is 0.464. The first-order chi connectivity index (χ1) is 4.18. The molecule has 0 aromatic heterocycles. The normalized spacial score (nSPS) is 6.70. The van der Waals surface area contributed by atoms with Crippen molar-refractivity contribution in [2.75, 3.05) is 0 Å². The van der Waals surface area contributed by atoms with Crippen LogP contribution in [0.2, 0.25) is 0 Å². The largest absolute Gasteiger partial charge is 0.481 e. The molecule has 0 bridgehead atoms. The van der Waals surface area contributed by atoms with E-state index in [1.54, 1.807) is 0 Å². The van der Waals surface area contributed by atoms with E-state index >= 15 is 0 Å². The van der Waals surface area contributed by atoms with Crippen LogP contribution in [0.3, 0.4) is 0 Å². The zero-order valence-corrected chi connectivity index (χ0v) is 10.6. The molecule has 0 aliphatic rings. The fourth-order valence-corrected chi connectivity index (χ4v) is 0.214. The van der Waals surface area contributed by atoms with Crippen LogP contribution in [0.4, 0.5) is 0 Å². The second kappa shape index (κ2) is 16.2. The molecule has 0 spiro atoms. The Morgan fingerprint density at radius 3 is 1.60 bits per heavy atom. The quantitative estimate of drug-likeness (QED) is 0.811. The molecule has 1 radical (unpaired) electrons. The average Bonchev–Trinajstić information content (AvgIpc) is 1.67. The molecule has 0 heterocycles. The Morgan fingerprint density at radius 1 is 1.30 bits per heavy atom. The first-order valence-electron chi connectivity index (χ1n) is 3.40. The molecule has 0 saturated heterocycles. The van der Waals surface area contributed by atoms with Crippen molar-refractivity contribution in [3.63, 3.8) is 0 Å². The van der Waals surface area contributed by atoms with Gasteiger partial charge >= 0.3 is 5.97 Å². The van der Waals surface area contributed by atoms with Crippen LogP contribution in [-0.2, 0) is 4.79 Å². The summed E-state index contributed by atoms with van der Waals surface area (Å²) in [6.07, 6.45) is 2.27. The van der Waals surface area contributed by atoms with Gasteiger partial charge in [0.05, 0.1) is 0 Å². The van der Waals surface area contributed by atoms with Crippen molar-refractivity contribution in [1.82, 2.24) is 0 Å². The van der Waals surface area contributed by atoms with Gasteiger partial charge in [0.15, 0.2) is 0 Å². The molecule has 10 heavy (non-hydrogen) atoms. The third kappa shape index (κ3) is 39.2. The predicted octanol–water partition coefficient (Wildman–Crippen LogP) is 2.29. The van der Waals surface area contributed by atoms with Gasteiger partial charge in [-0.1, -0.05) is 27.2 Å². The van der Waals surface area contributed by atoms with E-state index < -0.39 is 5.97 Å². The molecule has 1 N–H and O–H groups in total. The minimum atomic E-state index is -0.711. The van der Waals surface area contributed by atoms with Gasteiger partial charge in [0.1, 0.15) is 0 Å². The SMILES string of the molecule is CCC.CCCC(=O)O.[Np]. The van der Waals surface area contributed by atoms with Crippen LogP contribution >= 0.6 is 0 Å². The molecule has 0 unspecified atom stereocenters. The maximum atomic E-state index is 9.60. The van der Waals surface area contributed by atoms with Gasteiger partial charge in [-0.2, -0.15) is 0 Å². The van der Waals surface area contributed by atoms with Gasteiger partial charge in [-0.25, -0.2) is 0 Å². The Balaban J connectivity index is -0.000000107. The molecule has 0 rings (SSSR count). The second-order valence-electron chi connectivity index (χ2n) is 1.85. The van der Waals surface area contributed by atoms with Crippen molar-refractivity contribution < 1.29 is 39.8 Å². The fraction of sp³-hybridized carbons (Fsp3) is 0.857. The van der Waals surface area contributed by atoms with Crippen molar-refractivity contribution in [3.05, 3.63) is 0 Å². The molecule has 0 aromatic rings. The molecule has 0 saturated carbocycles. The fourth-order valence-electron chi connectivity index (χ4n) is 0.214. The minimum Gasteiger partial charge on any atom is -0.481 e. The van der Waals surface area contributed by atoms with E-state index in [0.717, 1.165) is 6.42 Å². The number of rotatable bonds is 2. The summed E-state index contributed by atoms with van der Waals surface area (Å²) in [6.45, 7) is 6.09. The van der Waals surface area contributed by atoms with Crippen LogP contribution in [-0.4, -0.2) is 11.1 Å². The molecule has 0 fully saturated rings. The Kier molecular flexibility index (Phi) is 27.3. The number of carboxylic acid groups (broad SMARTS) is 1. The molecule has 61 valence electrons. The van der Waals surface area contributed by atoms with Gasteiger partial charge in [-0.15, -0.1) is 0 Å². The van der Waals surface area contributed by atoms with Crippen LogP contribution in [0.5, 0.6) is 0 Å². The van der Waals surface area contributed by atoms with Crippen molar-refractivity contribution in [1.29, 1.82) is 0 Å². The molecule has 0 aliphatic heterocycles. The molecule has 2 nitrogen and oxygen atoms in total. The maximum absolute atomic E-state index is 9.60. The topological polar surface area (TPSA) is 37.3 Å². The second-order valence-corrected chi connectivity index (χ2v) is 1.85. The number of hydrogen-bond acceptors (Lipinski definition) is 1. The van der Waals surface area contributed by atoms with Crippen molar-refractivity contribution in [2.45, 2.75) is 40.0 Å². The summed E-state index contributed by atoms with van der Waals surface area (Å²) in [6, 6.07) is 0. The van der Waals surface area contributed by atoms with Crippen molar-refractivity contribution in [2.24, 2.45) is 0 Å². The molecular formula is C7H16NpO2. The number of carbonyl (C=O) groups is 1.